The van der Waals surface area contributed by atoms with Crippen LogP contribution in [0.1, 0.15) is 19.4 Å². The van der Waals surface area contributed by atoms with Crippen LogP contribution in [-0.2, 0) is 0 Å². The first kappa shape index (κ1) is 10.8. The molecule has 14 heavy (non-hydrogen) atoms. The fourth-order valence-corrected chi connectivity index (χ4v) is 0.909. The maximum atomic E-state index is 12.7. The first-order valence-electron chi connectivity index (χ1n) is 4.52. The monoisotopic (exact) mass is 197 g/mol. The molecule has 0 aliphatic rings. The van der Waals surface area contributed by atoms with Crippen LogP contribution in [0.3, 0.4) is 0 Å². The Labute approximate surface area is 82.5 Å². The summed E-state index contributed by atoms with van der Waals surface area (Å²) in [6.45, 7) is 3.13. The number of alkyl halides is 1. The van der Waals surface area contributed by atoms with Crippen molar-refractivity contribution in [2.24, 2.45) is 4.99 Å². The molecule has 0 fully saturated rings. The summed E-state index contributed by atoms with van der Waals surface area (Å²) in [5, 5.41) is 0. The van der Waals surface area contributed by atoms with Gasteiger partial charge in [-0.3, -0.25) is 4.99 Å². The molecule has 2 unspecified atom stereocenters. The van der Waals surface area contributed by atoms with E-state index < -0.39 is 12.2 Å². The average Bonchev–Trinajstić information content (AvgIpc) is 2.14. The highest BCUT2D eigenvalue weighted by Gasteiger charge is 2.06. The quantitative estimate of drug-likeness (QED) is 0.660. The number of hydrogen-bond acceptors (Lipinski definition) is 1. The topological polar surface area (TPSA) is 12.4 Å². The molecule has 0 radical (unpaired) electrons. The maximum absolute atomic E-state index is 12.7. The van der Waals surface area contributed by atoms with Crippen LogP contribution in [0.25, 0.3) is 0 Å². The molecular formula is C11H13F2N. The number of benzene rings is 1. The molecule has 0 bridgehead atoms. The highest BCUT2D eigenvalue weighted by molar-refractivity contribution is 5.79. The lowest BCUT2D eigenvalue weighted by molar-refractivity contribution is 0.319. The predicted molar refractivity (Wildman–Crippen MR) is 54.0 cm³/mol. The molecule has 0 saturated heterocycles. The van der Waals surface area contributed by atoms with Crippen LogP contribution < -0.4 is 0 Å². The van der Waals surface area contributed by atoms with E-state index in [1.165, 1.54) is 25.3 Å². The molecule has 0 aliphatic heterocycles. The molecule has 0 amide bonds. The van der Waals surface area contributed by atoms with Crippen molar-refractivity contribution in [1.82, 2.24) is 0 Å². The summed E-state index contributed by atoms with van der Waals surface area (Å²) in [5.74, 6) is -0.310. The second kappa shape index (κ2) is 4.84. The Kier molecular flexibility index (Phi) is 3.74. The number of hydrogen-bond donors (Lipinski definition) is 0. The molecule has 2 atom stereocenters. The number of halogens is 2. The summed E-state index contributed by atoms with van der Waals surface area (Å²) in [5.41, 5.74) is 0.650. The van der Waals surface area contributed by atoms with Crippen molar-refractivity contribution >= 4 is 6.21 Å². The van der Waals surface area contributed by atoms with Gasteiger partial charge in [0.2, 0.25) is 0 Å². The smallest absolute Gasteiger partial charge is 0.123 e. The van der Waals surface area contributed by atoms with Crippen LogP contribution in [0, 0.1) is 5.82 Å². The summed E-state index contributed by atoms with van der Waals surface area (Å²) >= 11 is 0. The molecule has 1 rings (SSSR count). The lowest BCUT2D eigenvalue weighted by atomic mass is 10.2. The number of aliphatic imine (C=N–C) groups is 1. The van der Waals surface area contributed by atoms with Gasteiger partial charge in [-0.25, -0.2) is 8.78 Å². The highest BCUT2D eigenvalue weighted by Crippen LogP contribution is 2.04. The molecule has 3 heteroatoms. The molecular weight excluding hydrogens is 184 g/mol. The molecule has 1 nitrogen and oxygen atoms in total. The third-order valence-electron chi connectivity index (χ3n) is 1.97. The van der Waals surface area contributed by atoms with E-state index in [1.807, 2.05) is 0 Å². The Hall–Kier alpha value is -1.25. The average molecular weight is 197 g/mol. The zero-order chi connectivity index (χ0) is 10.6. The van der Waals surface area contributed by atoms with Crippen molar-refractivity contribution in [3.63, 3.8) is 0 Å². The van der Waals surface area contributed by atoms with Crippen molar-refractivity contribution < 1.29 is 8.78 Å². The highest BCUT2D eigenvalue weighted by atomic mass is 19.1. The molecule has 0 aliphatic carbocycles. The van der Waals surface area contributed by atoms with E-state index in [2.05, 4.69) is 4.99 Å². The Morgan fingerprint density at radius 3 is 2.64 bits per heavy atom. The summed E-state index contributed by atoms with van der Waals surface area (Å²) < 4.78 is 25.4. The van der Waals surface area contributed by atoms with E-state index >= 15 is 0 Å². The van der Waals surface area contributed by atoms with Gasteiger partial charge in [-0.1, -0.05) is 12.1 Å². The van der Waals surface area contributed by atoms with Crippen molar-refractivity contribution in [2.75, 3.05) is 0 Å². The van der Waals surface area contributed by atoms with Crippen molar-refractivity contribution in [3.05, 3.63) is 35.6 Å². The van der Waals surface area contributed by atoms with Gasteiger partial charge in [-0.2, -0.15) is 0 Å². The van der Waals surface area contributed by atoms with Gasteiger partial charge in [-0.05, 0) is 31.5 Å². The number of nitrogens with zero attached hydrogens (tertiary/aromatic N) is 1. The third-order valence-corrected chi connectivity index (χ3v) is 1.97. The van der Waals surface area contributed by atoms with E-state index in [0.29, 0.717) is 5.56 Å². The summed E-state index contributed by atoms with van der Waals surface area (Å²) in [7, 11) is 0. The van der Waals surface area contributed by atoms with Gasteiger partial charge in [0.25, 0.3) is 0 Å². The van der Waals surface area contributed by atoms with E-state index in [1.54, 1.807) is 19.1 Å². The molecule has 0 N–H and O–H groups in total. The molecule has 1 aromatic carbocycles. The second-order valence-electron chi connectivity index (χ2n) is 3.25. The van der Waals surface area contributed by atoms with Crippen molar-refractivity contribution in [3.8, 4) is 0 Å². The van der Waals surface area contributed by atoms with E-state index in [4.69, 9.17) is 0 Å². The van der Waals surface area contributed by atoms with Gasteiger partial charge in [0.05, 0.1) is 6.04 Å². The predicted octanol–water partition coefficient (Wildman–Crippen LogP) is 2.99. The molecule has 0 aromatic heterocycles. The Morgan fingerprint density at radius 2 is 2.07 bits per heavy atom. The van der Waals surface area contributed by atoms with Gasteiger partial charge >= 0.3 is 0 Å². The van der Waals surface area contributed by atoms with E-state index in [0.717, 1.165) is 0 Å². The lowest BCUT2D eigenvalue weighted by Gasteiger charge is -2.05. The zero-order valence-corrected chi connectivity index (χ0v) is 8.24. The minimum atomic E-state index is -0.986. The van der Waals surface area contributed by atoms with Crippen LogP contribution in [0.2, 0.25) is 0 Å². The molecule has 0 heterocycles. The molecule has 76 valence electrons. The Morgan fingerprint density at radius 1 is 1.36 bits per heavy atom. The Bertz CT molecular complexity index is 321. The van der Waals surface area contributed by atoms with Crippen LogP contribution in [0.4, 0.5) is 8.78 Å². The van der Waals surface area contributed by atoms with Gasteiger partial charge < -0.3 is 0 Å². The molecule has 0 spiro atoms. The molecule has 1 aromatic rings. The third kappa shape index (κ3) is 3.24. The van der Waals surface area contributed by atoms with Gasteiger partial charge in [0.15, 0.2) is 0 Å². The standard InChI is InChI=1S/C11H13F2N/c1-8(12)9(2)14-7-10-4-3-5-11(13)6-10/h3-9H,1-2H3. The zero-order valence-electron chi connectivity index (χ0n) is 8.24. The second-order valence-corrected chi connectivity index (χ2v) is 3.25. The first-order chi connectivity index (χ1) is 6.59. The van der Waals surface area contributed by atoms with Crippen LogP contribution in [-0.4, -0.2) is 18.4 Å². The fraction of sp³-hybridized carbons (Fsp3) is 0.364. The SMILES string of the molecule is CC(F)C(C)N=Cc1cccc(F)c1. The normalized spacial score (nSPS) is 15.7. The van der Waals surface area contributed by atoms with Gasteiger partial charge in [0, 0.05) is 6.21 Å². The van der Waals surface area contributed by atoms with Gasteiger partial charge in [-0.15, -0.1) is 0 Å². The number of rotatable bonds is 3. The lowest BCUT2D eigenvalue weighted by Crippen LogP contribution is -2.11. The van der Waals surface area contributed by atoms with E-state index in [9.17, 15) is 8.78 Å². The Balaban J connectivity index is 2.69. The maximum Gasteiger partial charge on any atom is 0.123 e. The summed E-state index contributed by atoms with van der Waals surface area (Å²) in [6, 6.07) is 5.65. The van der Waals surface area contributed by atoms with Crippen LogP contribution >= 0.6 is 0 Å². The minimum absolute atomic E-state index is 0.310. The van der Waals surface area contributed by atoms with Gasteiger partial charge in [0.1, 0.15) is 12.0 Å². The van der Waals surface area contributed by atoms with E-state index in [-0.39, 0.29) is 5.82 Å². The largest absolute Gasteiger partial charge is 0.287 e. The van der Waals surface area contributed by atoms with Crippen LogP contribution in [0.15, 0.2) is 29.3 Å². The summed E-state index contributed by atoms with van der Waals surface area (Å²) in [4.78, 5) is 3.97. The molecule has 0 saturated carbocycles. The van der Waals surface area contributed by atoms with Crippen LogP contribution in [0.5, 0.6) is 0 Å². The first-order valence-corrected chi connectivity index (χ1v) is 4.52. The summed E-state index contributed by atoms with van der Waals surface area (Å²) in [6.07, 6.45) is 0.504. The minimum Gasteiger partial charge on any atom is -0.287 e. The van der Waals surface area contributed by atoms with Crippen molar-refractivity contribution in [2.45, 2.75) is 26.1 Å². The fourth-order valence-electron chi connectivity index (χ4n) is 0.909. The van der Waals surface area contributed by atoms with Crippen molar-refractivity contribution in [1.29, 1.82) is 0 Å².